The lowest BCUT2D eigenvalue weighted by Crippen LogP contribution is -2.26. The standard InChI is InChI=1S/C17H25NO/c1-17(2)9-4-5-13(11-17)12-19-15-7-3-6-14-8-10-18-16(14)15/h3,6-7,13,18H,4-5,8-12H2,1-2H3. The monoisotopic (exact) mass is 259 g/mol. The number of benzene rings is 1. The third kappa shape index (κ3) is 2.88. The van der Waals surface area contributed by atoms with E-state index in [1.165, 1.54) is 36.9 Å². The molecule has 2 nitrogen and oxygen atoms in total. The van der Waals surface area contributed by atoms with Gasteiger partial charge < -0.3 is 10.1 Å². The predicted octanol–water partition coefficient (Wildman–Crippen LogP) is 4.25. The van der Waals surface area contributed by atoms with E-state index >= 15 is 0 Å². The summed E-state index contributed by atoms with van der Waals surface area (Å²) in [5.41, 5.74) is 3.14. The number of para-hydroxylation sites is 1. The summed E-state index contributed by atoms with van der Waals surface area (Å²) in [6, 6.07) is 6.42. The minimum atomic E-state index is 0.503. The van der Waals surface area contributed by atoms with Crippen molar-refractivity contribution >= 4 is 5.69 Å². The summed E-state index contributed by atoms with van der Waals surface area (Å²) in [5, 5.41) is 3.45. The summed E-state index contributed by atoms with van der Waals surface area (Å²) in [6.45, 7) is 6.70. The molecule has 0 saturated heterocycles. The van der Waals surface area contributed by atoms with Crippen molar-refractivity contribution in [3.05, 3.63) is 23.8 Å². The Hall–Kier alpha value is -1.18. The second-order valence-corrected chi connectivity index (χ2v) is 6.90. The lowest BCUT2D eigenvalue weighted by atomic mass is 9.72. The van der Waals surface area contributed by atoms with Gasteiger partial charge in [0.05, 0.1) is 12.3 Å². The van der Waals surface area contributed by atoms with Crippen LogP contribution < -0.4 is 10.1 Å². The Morgan fingerprint density at radius 2 is 2.26 bits per heavy atom. The summed E-state index contributed by atoms with van der Waals surface area (Å²) in [5.74, 6) is 1.78. The van der Waals surface area contributed by atoms with E-state index in [-0.39, 0.29) is 0 Å². The first-order chi connectivity index (χ1) is 9.14. The van der Waals surface area contributed by atoms with Crippen molar-refractivity contribution in [3.63, 3.8) is 0 Å². The van der Waals surface area contributed by atoms with E-state index in [1.807, 2.05) is 0 Å². The number of hydrogen-bond donors (Lipinski definition) is 1. The average molecular weight is 259 g/mol. The number of hydrogen-bond acceptors (Lipinski definition) is 2. The lowest BCUT2D eigenvalue weighted by molar-refractivity contribution is 0.130. The molecule has 0 amide bonds. The van der Waals surface area contributed by atoms with Crippen molar-refractivity contribution in [2.24, 2.45) is 11.3 Å². The maximum absolute atomic E-state index is 6.12. The third-order valence-electron chi connectivity index (χ3n) is 4.59. The molecule has 2 heteroatoms. The highest BCUT2D eigenvalue weighted by molar-refractivity contribution is 5.65. The van der Waals surface area contributed by atoms with Gasteiger partial charge in [-0.2, -0.15) is 0 Å². The zero-order valence-corrected chi connectivity index (χ0v) is 12.2. The van der Waals surface area contributed by atoms with Gasteiger partial charge in [-0.25, -0.2) is 0 Å². The highest BCUT2D eigenvalue weighted by atomic mass is 16.5. The van der Waals surface area contributed by atoms with Crippen LogP contribution in [-0.2, 0) is 6.42 Å². The Morgan fingerprint density at radius 1 is 1.37 bits per heavy atom. The molecule has 1 atom stereocenters. The third-order valence-corrected chi connectivity index (χ3v) is 4.59. The van der Waals surface area contributed by atoms with E-state index in [1.54, 1.807) is 0 Å². The van der Waals surface area contributed by atoms with E-state index < -0.39 is 0 Å². The topological polar surface area (TPSA) is 21.3 Å². The molecule has 0 spiro atoms. The normalized spacial score (nSPS) is 24.6. The highest BCUT2D eigenvalue weighted by Crippen LogP contribution is 2.39. The summed E-state index contributed by atoms with van der Waals surface area (Å²) >= 11 is 0. The number of fused-ring (bicyclic) bond motifs is 1. The van der Waals surface area contributed by atoms with E-state index in [9.17, 15) is 0 Å². The fraction of sp³-hybridized carbons (Fsp3) is 0.647. The number of nitrogens with one attached hydrogen (secondary N) is 1. The second kappa shape index (κ2) is 5.07. The van der Waals surface area contributed by atoms with Gasteiger partial charge in [0, 0.05) is 6.54 Å². The van der Waals surface area contributed by atoms with Crippen LogP contribution in [0.5, 0.6) is 5.75 Å². The van der Waals surface area contributed by atoms with Gasteiger partial charge in [-0.1, -0.05) is 32.4 Å². The molecule has 1 aromatic rings. The summed E-state index contributed by atoms with van der Waals surface area (Å²) in [7, 11) is 0. The molecule has 2 aliphatic rings. The van der Waals surface area contributed by atoms with Crippen LogP contribution in [-0.4, -0.2) is 13.2 Å². The molecule has 1 aromatic carbocycles. The van der Waals surface area contributed by atoms with Crippen molar-refractivity contribution in [3.8, 4) is 5.75 Å². The molecule has 3 rings (SSSR count). The molecular formula is C17H25NO. The van der Waals surface area contributed by atoms with E-state index in [2.05, 4.69) is 37.4 Å². The second-order valence-electron chi connectivity index (χ2n) is 6.90. The van der Waals surface area contributed by atoms with Gasteiger partial charge in [0.2, 0.25) is 0 Å². The quantitative estimate of drug-likeness (QED) is 0.876. The minimum absolute atomic E-state index is 0.503. The van der Waals surface area contributed by atoms with Gasteiger partial charge in [-0.15, -0.1) is 0 Å². The smallest absolute Gasteiger partial charge is 0.142 e. The Labute approximate surface area is 116 Å². The van der Waals surface area contributed by atoms with Crippen molar-refractivity contribution < 1.29 is 4.74 Å². The molecule has 104 valence electrons. The van der Waals surface area contributed by atoms with E-state index in [0.29, 0.717) is 5.41 Å². The van der Waals surface area contributed by atoms with Gasteiger partial charge in [0.25, 0.3) is 0 Å². The van der Waals surface area contributed by atoms with Crippen LogP contribution in [0.3, 0.4) is 0 Å². The molecule has 0 bridgehead atoms. The average Bonchev–Trinajstić information content (AvgIpc) is 2.84. The molecule has 19 heavy (non-hydrogen) atoms. The van der Waals surface area contributed by atoms with Crippen LogP contribution in [0.2, 0.25) is 0 Å². The molecule has 0 radical (unpaired) electrons. The van der Waals surface area contributed by atoms with Gasteiger partial charge in [-0.05, 0) is 48.6 Å². The van der Waals surface area contributed by atoms with Crippen LogP contribution in [0.1, 0.15) is 45.1 Å². The first kappa shape index (κ1) is 12.8. The fourth-order valence-electron chi connectivity index (χ4n) is 3.63. The largest absolute Gasteiger partial charge is 0.491 e. The van der Waals surface area contributed by atoms with Crippen molar-refractivity contribution in [1.82, 2.24) is 0 Å². The lowest BCUT2D eigenvalue weighted by Gasteiger charge is -2.35. The molecular weight excluding hydrogens is 234 g/mol. The van der Waals surface area contributed by atoms with Crippen LogP contribution in [0.4, 0.5) is 5.69 Å². The van der Waals surface area contributed by atoms with Crippen LogP contribution in [0.15, 0.2) is 18.2 Å². The SMILES string of the molecule is CC1(C)CCCC(COc2cccc3c2NCC3)C1. The number of ether oxygens (including phenoxy) is 1. The molecule has 1 saturated carbocycles. The minimum Gasteiger partial charge on any atom is -0.491 e. The maximum atomic E-state index is 6.12. The Morgan fingerprint density at radius 3 is 3.11 bits per heavy atom. The summed E-state index contributed by atoms with van der Waals surface area (Å²) in [4.78, 5) is 0. The van der Waals surface area contributed by atoms with E-state index in [4.69, 9.17) is 4.74 Å². The molecule has 1 fully saturated rings. The number of rotatable bonds is 3. The molecule has 1 N–H and O–H groups in total. The fourth-order valence-corrected chi connectivity index (χ4v) is 3.63. The molecule has 1 aliphatic carbocycles. The molecule has 1 heterocycles. The summed E-state index contributed by atoms with van der Waals surface area (Å²) < 4.78 is 6.12. The highest BCUT2D eigenvalue weighted by Gasteiger charge is 2.28. The maximum Gasteiger partial charge on any atom is 0.142 e. The van der Waals surface area contributed by atoms with Gasteiger partial charge >= 0.3 is 0 Å². The first-order valence-electron chi connectivity index (χ1n) is 7.63. The molecule has 1 aliphatic heterocycles. The van der Waals surface area contributed by atoms with Gasteiger partial charge in [0.1, 0.15) is 5.75 Å². The van der Waals surface area contributed by atoms with Crippen molar-refractivity contribution in [2.75, 3.05) is 18.5 Å². The first-order valence-corrected chi connectivity index (χ1v) is 7.63. The zero-order chi connectivity index (χ0) is 13.3. The zero-order valence-electron chi connectivity index (χ0n) is 12.2. The van der Waals surface area contributed by atoms with Crippen LogP contribution >= 0.6 is 0 Å². The van der Waals surface area contributed by atoms with Crippen LogP contribution in [0, 0.1) is 11.3 Å². The molecule has 1 unspecified atom stereocenters. The Bertz CT molecular complexity index is 453. The van der Waals surface area contributed by atoms with E-state index in [0.717, 1.165) is 31.2 Å². The van der Waals surface area contributed by atoms with Gasteiger partial charge in [0.15, 0.2) is 0 Å². The number of anilines is 1. The van der Waals surface area contributed by atoms with Crippen LogP contribution in [0.25, 0.3) is 0 Å². The van der Waals surface area contributed by atoms with Crippen molar-refractivity contribution in [1.29, 1.82) is 0 Å². The molecule has 0 aromatic heterocycles. The Balaban J connectivity index is 1.62. The summed E-state index contributed by atoms with van der Waals surface area (Å²) in [6.07, 6.45) is 6.47. The van der Waals surface area contributed by atoms with Gasteiger partial charge in [-0.3, -0.25) is 0 Å². The Kier molecular flexibility index (Phi) is 3.42. The predicted molar refractivity (Wildman–Crippen MR) is 79.9 cm³/mol. The van der Waals surface area contributed by atoms with Crippen molar-refractivity contribution in [2.45, 2.75) is 46.0 Å².